The fourth-order valence-corrected chi connectivity index (χ4v) is 3.26. The first-order valence-electron chi connectivity index (χ1n) is 8.33. The summed E-state index contributed by atoms with van der Waals surface area (Å²) in [5, 5.41) is 0. The summed E-state index contributed by atoms with van der Waals surface area (Å²) in [6, 6.07) is 15.6. The van der Waals surface area contributed by atoms with E-state index >= 15 is 0 Å². The average Bonchev–Trinajstić information content (AvgIpc) is 3.14. The second-order valence-electron chi connectivity index (χ2n) is 6.11. The lowest BCUT2D eigenvalue weighted by molar-refractivity contribution is -0.118. The number of methoxy groups -OCH3 is 1. The molecule has 0 unspecified atom stereocenters. The Morgan fingerprint density at radius 3 is 2.15 bits per heavy atom. The normalized spacial score (nSPS) is 11.4. The van der Waals surface area contributed by atoms with Crippen LogP contribution in [0.15, 0.2) is 48.5 Å². The molecule has 0 fully saturated rings. The maximum absolute atomic E-state index is 11.6. The molecule has 0 spiro atoms. The van der Waals surface area contributed by atoms with E-state index in [1.165, 1.54) is 0 Å². The van der Waals surface area contributed by atoms with Crippen molar-refractivity contribution in [3.63, 3.8) is 0 Å². The number of fused-ring (bicyclic) bond motifs is 2. The Kier molecular flexibility index (Phi) is 4.14. The summed E-state index contributed by atoms with van der Waals surface area (Å²) >= 11 is 0. The number of imidazole rings is 2. The zero-order valence-electron chi connectivity index (χ0n) is 14.4. The van der Waals surface area contributed by atoms with Crippen LogP contribution < -0.4 is 5.73 Å². The number of nitrogens with two attached hydrogens (primary N) is 1. The quantitative estimate of drug-likeness (QED) is 0.577. The number of primary amides is 1. The van der Waals surface area contributed by atoms with E-state index in [9.17, 15) is 4.79 Å². The molecule has 4 rings (SSSR count). The third kappa shape index (κ3) is 2.82. The molecule has 132 valence electrons. The van der Waals surface area contributed by atoms with Crippen molar-refractivity contribution >= 4 is 28.0 Å². The Bertz CT molecular complexity index is 1100. The fourth-order valence-electron chi connectivity index (χ4n) is 3.26. The second kappa shape index (κ2) is 6.61. The van der Waals surface area contributed by atoms with Crippen LogP contribution in [0.25, 0.3) is 22.1 Å². The van der Waals surface area contributed by atoms with E-state index in [1.807, 2.05) is 53.1 Å². The lowest BCUT2D eigenvalue weighted by atomic mass is 10.3. The maximum atomic E-state index is 11.6. The number of nitrogens with zero attached hydrogens (tertiary/aromatic N) is 4. The number of benzene rings is 2. The number of hydrogen-bond donors (Lipinski definition) is 1. The van der Waals surface area contributed by atoms with Gasteiger partial charge in [-0.25, -0.2) is 9.97 Å². The third-order valence-corrected chi connectivity index (χ3v) is 4.35. The van der Waals surface area contributed by atoms with Gasteiger partial charge in [-0.15, -0.1) is 0 Å². The smallest absolute Gasteiger partial charge is 0.237 e. The maximum Gasteiger partial charge on any atom is 0.237 e. The standard InChI is InChI=1S/C19H19N5O2/c1-26-12-19-22-14-7-3-5-9-16(14)24(19)11-18-21-13-6-2-4-8-15(13)23(18)10-17(20)25/h2-9H,10-12H2,1H3,(H2,20,25). The van der Waals surface area contributed by atoms with Gasteiger partial charge in [-0.2, -0.15) is 0 Å². The van der Waals surface area contributed by atoms with Gasteiger partial charge < -0.3 is 19.6 Å². The van der Waals surface area contributed by atoms with Crippen LogP contribution in [0.2, 0.25) is 0 Å². The number of amides is 1. The summed E-state index contributed by atoms with van der Waals surface area (Å²) in [5.41, 5.74) is 9.08. The van der Waals surface area contributed by atoms with Crippen molar-refractivity contribution in [3.8, 4) is 0 Å². The molecule has 0 aliphatic rings. The summed E-state index contributed by atoms with van der Waals surface area (Å²) in [4.78, 5) is 20.9. The van der Waals surface area contributed by atoms with Crippen LogP contribution in [0.3, 0.4) is 0 Å². The number of para-hydroxylation sites is 4. The van der Waals surface area contributed by atoms with E-state index in [1.54, 1.807) is 7.11 Å². The topological polar surface area (TPSA) is 88.0 Å². The number of rotatable bonds is 6. The summed E-state index contributed by atoms with van der Waals surface area (Å²) < 4.78 is 9.24. The molecule has 2 aromatic carbocycles. The fraction of sp³-hybridized carbons (Fsp3) is 0.211. The largest absolute Gasteiger partial charge is 0.377 e. The van der Waals surface area contributed by atoms with Crippen molar-refractivity contribution in [2.75, 3.05) is 7.11 Å². The number of carbonyl (C=O) groups excluding carboxylic acids is 1. The van der Waals surface area contributed by atoms with Crippen molar-refractivity contribution < 1.29 is 9.53 Å². The summed E-state index contributed by atoms with van der Waals surface area (Å²) in [7, 11) is 1.64. The Hall–Kier alpha value is -3.19. The third-order valence-electron chi connectivity index (χ3n) is 4.35. The molecule has 0 atom stereocenters. The van der Waals surface area contributed by atoms with Gasteiger partial charge in [0, 0.05) is 7.11 Å². The van der Waals surface area contributed by atoms with Crippen LogP contribution in [-0.2, 0) is 29.2 Å². The molecule has 4 aromatic rings. The molecular formula is C19H19N5O2. The Labute approximate surface area is 150 Å². The molecule has 0 aliphatic heterocycles. The Morgan fingerprint density at radius 1 is 0.962 bits per heavy atom. The van der Waals surface area contributed by atoms with Crippen LogP contribution >= 0.6 is 0 Å². The van der Waals surface area contributed by atoms with Crippen molar-refractivity contribution in [1.82, 2.24) is 19.1 Å². The van der Waals surface area contributed by atoms with Crippen molar-refractivity contribution in [2.45, 2.75) is 19.7 Å². The van der Waals surface area contributed by atoms with Crippen LogP contribution in [0.4, 0.5) is 0 Å². The molecule has 0 saturated heterocycles. The minimum absolute atomic E-state index is 0.0854. The Balaban J connectivity index is 1.86. The highest BCUT2D eigenvalue weighted by atomic mass is 16.5. The van der Waals surface area contributed by atoms with Gasteiger partial charge in [0.2, 0.25) is 5.91 Å². The number of hydrogen-bond acceptors (Lipinski definition) is 4. The van der Waals surface area contributed by atoms with E-state index < -0.39 is 5.91 Å². The van der Waals surface area contributed by atoms with Gasteiger partial charge >= 0.3 is 0 Å². The van der Waals surface area contributed by atoms with Gasteiger partial charge in [-0.1, -0.05) is 24.3 Å². The van der Waals surface area contributed by atoms with Crippen LogP contribution in [-0.4, -0.2) is 32.1 Å². The molecule has 2 aromatic heterocycles. The highest BCUT2D eigenvalue weighted by molar-refractivity contribution is 5.80. The van der Waals surface area contributed by atoms with E-state index in [4.69, 9.17) is 15.5 Å². The van der Waals surface area contributed by atoms with Gasteiger partial charge in [-0.3, -0.25) is 4.79 Å². The molecule has 2 heterocycles. The highest BCUT2D eigenvalue weighted by Crippen LogP contribution is 2.21. The number of aromatic nitrogens is 4. The van der Waals surface area contributed by atoms with E-state index in [-0.39, 0.29) is 6.54 Å². The molecular weight excluding hydrogens is 330 g/mol. The highest BCUT2D eigenvalue weighted by Gasteiger charge is 2.16. The summed E-state index contributed by atoms with van der Waals surface area (Å²) in [6.45, 7) is 0.952. The molecule has 0 saturated carbocycles. The van der Waals surface area contributed by atoms with Crippen molar-refractivity contribution in [1.29, 1.82) is 0 Å². The van der Waals surface area contributed by atoms with Gasteiger partial charge in [0.15, 0.2) is 0 Å². The predicted octanol–water partition coefficient (Wildman–Crippen LogP) is 2.07. The zero-order chi connectivity index (χ0) is 18.1. The first-order valence-corrected chi connectivity index (χ1v) is 8.33. The summed E-state index contributed by atoms with van der Waals surface area (Å²) in [6.07, 6.45) is 0. The molecule has 0 radical (unpaired) electrons. The zero-order valence-corrected chi connectivity index (χ0v) is 14.4. The van der Waals surface area contributed by atoms with E-state index in [0.29, 0.717) is 13.2 Å². The molecule has 1 amide bonds. The number of ether oxygens (including phenoxy) is 1. The van der Waals surface area contributed by atoms with Gasteiger partial charge in [0.1, 0.15) is 24.8 Å². The van der Waals surface area contributed by atoms with Crippen molar-refractivity contribution in [2.24, 2.45) is 5.73 Å². The van der Waals surface area contributed by atoms with Crippen molar-refractivity contribution in [3.05, 3.63) is 60.2 Å². The predicted molar refractivity (Wildman–Crippen MR) is 98.5 cm³/mol. The van der Waals surface area contributed by atoms with Gasteiger partial charge in [-0.05, 0) is 24.3 Å². The first-order chi connectivity index (χ1) is 12.7. The van der Waals surface area contributed by atoms with Crippen LogP contribution in [0.1, 0.15) is 11.6 Å². The summed E-state index contributed by atoms with van der Waals surface area (Å²) in [5.74, 6) is 1.17. The number of carbonyl (C=O) groups is 1. The molecule has 0 bridgehead atoms. The van der Waals surface area contributed by atoms with E-state index in [0.717, 1.165) is 33.7 Å². The minimum Gasteiger partial charge on any atom is -0.377 e. The van der Waals surface area contributed by atoms with Gasteiger partial charge in [0.05, 0.1) is 28.6 Å². The average molecular weight is 349 g/mol. The lowest BCUT2D eigenvalue weighted by Crippen LogP contribution is -2.21. The second-order valence-corrected chi connectivity index (χ2v) is 6.11. The molecule has 26 heavy (non-hydrogen) atoms. The molecule has 7 nitrogen and oxygen atoms in total. The first kappa shape index (κ1) is 16.3. The SMILES string of the molecule is COCc1nc2ccccc2n1Cc1nc2ccccc2n1CC(N)=O. The Morgan fingerprint density at radius 2 is 1.54 bits per heavy atom. The minimum atomic E-state index is -0.401. The molecule has 0 aliphatic carbocycles. The lowest BCUT2D eigenvalue weighted by Gasteiger charge is -2.11. The molecule has 7 heteroatoms. The van der Waals surface area contributed by atoms with Crippen LogP contribution in [0.5, 0.6) is 0 Å². The monoisotopic (exact) mass is 349 g/mol. The van der Waals surface area contributed by atoms with Gasteiger partial charge in [0.25, 0.3) is 0 Å². The molecule has 2 N–H and O–H groups in total. The van der Waals surface area contributed by atoms with Crippen LogP contribution in [0, 0.1) is 0 Å². The van der Waals surface area contributed by atoms with E-state index in [2.05, 4.69) is 9.55 Å².